The van der Waals surface area contributed by atoms with E-state index in [9.17, 15) is 4.79 Å². The molecule has 0 aromatic rings. The molecule has 10 heavy (non-hydrogen) atoms. The summed E-state index contributed by atoms with van der Waals surface area (Å²) < 4.78 is 0. The van der Waals surface area contributed by atoms with Crippen LogP contribution in [0.5, 0.6) is 0 Å². The molecule has 2 aliphatic rings. The second kappa shape index (κ2) is 1.94. The van der Waals surface area contributed by atoms with E-state index in [1.807, 2.05) is 6.08 Å². The quantitative estimate of drug-likeness (QED) is 0.300. The molecule has 50 valence electrons. The molecule has 0 bridgehead atoms. The summed E-state index contributed by atoms with van der Waals surface area (Å²) in [4.78, 5) is 10.1. The van der Waals surface area contributed by atoms with Crippen LogP contribution in [-0.2, 0) is 4.79 Å². The first-order valence-corrected chi connectivity index (χ1v) is 3.44. The lowest BCUT2D eigenvalue weighted by atomic mass is 9.83. The van der Waals surface area contributed by atoms with E-state index < -0.39 is 0 Å². The van der Waals surface area contributed by atoms with Crippen molar-refractivity contribution in [3.63, 3.8) is 0 Å². The summed E-state index contributed by atoms with van der Waals surface area (Å²) in [6.45, 7) is 0. The zero-order valence-electron chi connectivity index (χ0n) is 5.53. The van der Waals surface area contributed by atoms with Crippen molar-refractivity contribution in [2.45, 2.75) is 0 Å². The number of aldehydes is 1. The molecule has 2 atom stereocenters. The summed E-state index contributed by atoms with van der Waals surface area (Å²) in [6, 6.07) is 0. The third-order valence-corrected chi connectivity index (χ3v) is 2.11. The Morgan fingerprint density at radius 3 is 2.70 bits per heavy atom. The Bertz CT molecular complexity index is 245. The Kier molecular flexibility index (Phi) is 1.10. The predicted molar refractivity (Wildman–Crippen MR) is 39.4 cm³/mol. The predicted octanol–water partition coefficient (Wildman–Crippen LogP) is 1.48. The van der Waals surface area contributed by atoms with Gasteiger partial charge < -0.3 is 0 Å². The van der Waals surface area contributed by atoms with Crippen LogP contribution in [0.4, 0.5) is 0 Å². The highest BCUT2D eigenvalue weighted by Gasteiger charge is 2.28. The second-order valence-electron chi connectivity index (χ2n) is 2.65. The number of fused-ring (bicyclic) bond motifs is 1. The van der Waals surface area contributed by atoms with E-state index in [-0.39, 0.29) is 0 Å². The molecule has 0 saturated heterocycles. The van der Waals surface area contributed by atoms with Crippen LogP contribution >= 0.6 is 0 Å². The third kappa shape index (κ3) is 0.604. The SMILES string of the molecule is O=C/C=C1\C=CC2C=CC12. The lowest BCUT2D eigenvalue weighted by Gasteiger charge is -2.21. The fourth-order valence-corrected chi connectivity index (χ4v) is 1.45. The molecular weight excluding hydrogens is 124 g/mol. The van der Waals surface area contributed by atoms with Gasteiger partial charge >= 0.3 is 0 Å². The Morgan fingerprint density at radius 2 is 2.20 bits per heavy atom. The molecule has 2 aliphatic carbocycles. The van der Waals surface area contributed by atoms with Crippen molar-refractivity contribution in [1.29, 1.82) is 0 Å². The van der Waals surface area contributed by atoms with Gasteiger partial charge in [0.1, 0.15) is 6.29 Å². The van der Waals surface area contributed by atoms with Crippen LogP contribution in [0.1, 0.15) is 0 Å². The van der Waals surface area contributed by atoms with Gasteiger partial charge in [0.05, 0.1) is 0 Å². The van der Waals surface area contributed by atoms with Gasteiger partial charge in [-0.1, -0.05) is 24.3 Å². The summed E-state index contributed by atoms with van der Waals surface area (Å²) in [5.74, 6) is 1.11. The number of carbonyl (C=O) groups excluding carboxylic acids is 1. The van der Waals surface area contributed by atoms with Gasteiger partial charge in [0, 0.05) is 11.8 Å². The van der Waals surface area contributed by atoms with E-state index in [0.717, 1.165) is 11.9 Å². The van der Waals surface area contributed by atoms with E-state index in [2.05, 4.69) is 18.2 Å². The highest BCUT2D eigenvalue weighted by molar-refractivity contribution is 5.68. The Labute approximate surface area is 59.7 Å². The van der Waals surface area contributed by atoms with Crippen LogP contribution in [0.2, 0.25) is 0 Å². The lowest BCUT2D eigenvalue weighted by Crippen LogP contribution is -2.12. The summed E-state index contributed by atoms with van der Waals surface area (Å²) >= 11 is 0. The van der Waals surface area contributed by atoms with Crippen LogP contribution in [0.25, 0.3) is 0 Å². The summed E-state index contributed by atoms with van der Waals surface area (Å²) in [6.07, 6.45) is 11.0. The molecule has 0 heterocycles. The first kappa shape index (κ1) is 5.66. The van der Waals surface area contributed by atoms with Crippen molar-refractivity contribution >= 4 is 6.29 Å². The average Bonchev–Trinajstić information content (AvgIpc) is 2.08. The van der Waals surface area contributed by atoms with Crippen LogP contribution in [0.15, 0.2) is 36.0 Å². The smallest absolute Gasteiger partial charge is 0.143 e. The molecule has 2 unspecified atom stereocenters. The molecule has 0 N–H and O–H groups in total. The first-order valence-electron chi connectivity index (χ1n) is 3.44. The van der Waals surface area contributed by atoms with Crippen molar-refractivity contribution in [1.82, 2.24) is 0 Å². The number of carbonyl (C=O) groups is 1. The van der Waals surface area contributed by atoms with Gasteiger partial charge in [-0.05, 0) is 11.6 Å². The molecule has 0 saturated carbocycles. The van der Waals surface area contributed by atoms with Gasteiger partial charge in [-0.3, -0.25) is 4.79 Å². The van der Waals surface area contributed by atoms with Crippen LogP contribution in [0, 0.1) is 11.8 Å². The number of hydrogen-bond donors (Lipinski definition) is 0. The van der Waals surface area contributed by atoms with E-state index in [1.165, 1.54) is 0 Å². The van der Waals surface area contributed by atoms with Gasteiger partial charge in [-0.15, -0.1) is 0 Å². The minimum Gasteiger partial charge on any atom is -0.299 e. The molecule has 1 nitrogen and oxygen atoms in total. The summed E-state index contributed by atoms with van der Waals surface area (Å²) in [7, 11) is 0. The molecule has 0 amide bonds. The van der Waals surface area contributed by atoms with E-state index in [4.69, 9.17) is 0 Å². The third-order valence-electron chi connectivity index (χ3n) is 2.11. The van der Waals surface area contributed by atoms with Crippen molar-refractivity contribution in [2.75, 3.05) is 0 Å². The molecule has 0 fully saturated rings. The van der Waals surface area contributed by atoms with Gasteiger partial charge in [-0.2, -0.15) is 0 Å². The number of rotatable bonds is 1. The standard InChI is InChI=1S/C9H8O/c10-6-5-8-2-1-7-3-4-9(7)8/h1-7,9H/b8-5+. The molecule has 0 aliphatic heterocycles. The fourth-order valence-electron chi connectivity index (χ4n) is 1.45. The molecule has 0 radical (unpaired) electrons. The fraction of sp³-hybridized carbons (Fsp3) is 0.222. The first-order chi connectivity index (χ1) is 4.92. The van der Waals surface area contributed by atoms with Gasteiger partial charge in [0.15, 0.2) is 0 Å². The number of allylic oxidation sites excluding steroid dienone is 6. The largest absolute Gasteiger partial charge is 0.299 e. The van der Waals surface area contributed by atoms with Crippen molar-refractivity contribution < 1.29 is 4.79 Å². The van der Waals surface area contributed by atoms with Gasteiger partial charge in [0.25, 0.3) is 0 Å². The minimum absolute atomic E-state index is 0.519. The lowest BCUT2D eigenvalue weighted by molar-refractivity contribution is -0.104. The maximum Gasteiger partial charge on any atom is 0.143 e. The normalized spacial score (nSPS) is 37.8. The molecule has 0 aromatic heterocycles. The zero-order chi connectivity index (χ0) is 6.97. The maximum atomic E-state index is 10.1. The molecule has 0 aromatic carbocycles. The van der Waals surface area contributed by atoms with E-state index in [0.29, 0.717) is 11.8 Å². The van der Waals surface area contributed by atoms with E-state index in [1.54, 1.807) is 6.08 Å². The molecule has 2 rings (SSSR count). The van der Waals surface area contributed by atoms with Crippen molar-refractivity contribution in [3.05, 3.63) is 36.0 Å². The number of hydrogen-bond acceptors (Lipinski definition) is 1. The van der Waals surface area contributed by atoms with Gasteiger partial charge in [0.2, 0.25) is 0 Å². The molecule has 0 spiro atoms. The van der Waals surface area contributed by atoms with E-state index >= 15 is 0 Å². The highest BCUT2D eigenvalue weighted by atomic mass is 16.1. The topological polar surface area (TPSA) is 17.1 Å². The maximum absolute atomic E-state index is 10.1. The summed E-state index contributed by atoms with van der Waals surface area (Å²) in [5, 5.41) is 0. The second-order valence-corrected chi connectivity index (χ2v) is 2.65. The Morgan fingerprint density at radius 1 is 1.30 bits per heavy atom. The monoisotopic (exact) mass is 132 g/mol. The molecular formula is C9H8O. The molecule has 1 heteroatoms. The Hall–Kier alpha value is -1.11. The summed E-state index contributed by atoms with van der Waals surface area (Å²) in [5.41, 5.74) is 1.16. The van der Waals surface area contributed by atoms with Crippen LogP contribution < -0.4 is 0 Å². The minimum atomic E-state index is 0.519. The average molecular weight is 132 g/mol. The van der Waals surface area contributed by atoms with Gasteiger partial charge in [-0.25, -0.2) is 0 Å². The van der Waals surface area contributed by atoms with Crippen LogP contribution in [0.3, 0.4) is 0 Å². The van der Waals surface area contributed by atoms with Crippen molar-refractivity contribution in [3.8, 4) is 0 Å². The zero-order valence-corrected chi connectivity index (χ0v) is 5.53. The Balaban J connectivity index is 2.27. The van der Waals surface area contributed by atoms with Crippen molar-refractivity contribution in [2.24, 2.45) is 11.8 Å². The van der Waals surface area contributed by atoms with Crippen LogP contribution in [-0.4, -0.2) is 6.29 Å². The highest BCUT2D eigenvalue weighted by Crippen LogP contribution is 2.38.